The fourth-order valence-electron chi connectivity index (χ4n) is 4.07. The van der Waals surface area contributed by atoms with Gasteiger partial charge in [0.1, 0.15) is 17.8 Å². The topological polar surface area (TPSA) is 6.48 Å². The number of aryl methyl sites for hydroxylation is 1. The minimum atomic E-state index is -0.256. The number of hydrogen-bond donors (Lipinski definition) is 0. The van der Waals surface area contributed by atoms with E-state index >= 15 is 0 Å². The van der Waals surface area contributed by atoms with Gasteiger partial charge in [-0.15, -0.1) is 0 Å². The van der Waals surface area contributed by atoms with Crippen molar-refractivity contribution in [3.05, 3.63) is 102 Å². The molecule has 0 aliphatic carbocycles. The number of anilines is 2. The summed E-state index contributed by atoms with van der Waals surface area (Å²) in [6.45, 7) is 0. The van der Waals surface area contributed by atoms with Gasteiger partial charge in [-0.25, -0.2) is 8.78 Å². The lowest BCUT2D eigenvalue weighted by atomic mass is 9.99. The van der Waals surface area contributed by atoms with Crippen LogP contribution < -0.4 is 9.80 Å². The minimum Gasteiger partial charge on any atom is -0.324 e. The number of hydrogen-bond acceptors (Lipinski definition) is 2. The molecule has 27 heavy (non-hydrogen) atoms. The second-order valence-electron chi connectivity index (χ2n) is 6.92. The number of halogens is 2. The first-order valence-electron chi connectivity index (χ1n) is 9.09. The number of benzene rings is 3. The Labute approximate surface area is 157 Å². The van der Waals surface area contributed by atoms with E-state index in [2.05, 4.69) is 34.2 Å². The third-order valence-electron chi connectivity index (χ3n) is 5.33. The van der Waals surface area contributed by atoms with Crippen LogP contribution in [0, 0.1) is 11.6 Å². The first kappa shape index (κ1) is 16.1. The third-order valence-corrected chi connectivity index (χ3v) is 5.33. The molecule has 1 unspecified atom stereocenters. The molecule has 134 valence electrons. The van der Waals surface area contributed by atoms with Gasteiger partial charge in [-0.05, 0) is 78.6 Å². The maximum absolute atomic E-state index is 13.5. The van der Waals surface area contributed by atoms with Crippen LogP contribution >= 0.6 is 0 Å². The summed E-state index contributed by atoms with van der Waals surface area (Å²) in [7, 11) is 0. The summed E-state index contributed by atoms with van der Waals surface area (Å²) in [6.07, 6.45) is 4.18. The van der Waals surface area contributed by atoms with E-state index < -0.39 is 0 Å². The molecule has 2 aliphatic heterocycles. The highest BCUT2D eigenvalue weighted by atomic mass is 19.1. The van der Waals surface area contributed by atoms with Crippen LogP contribution in [0.3, 0.4) is 0 Å². The van der Waals surface area contributed by atoms with Crippen molar-refractivity contribution in [2.24, 2.45) is 0 Å². The molecule has 0 radical (unpaired) electrons. The molecule has 0 saturated heterocycles. The molecule has 0 spiro atoms. The van der Waals surface area contributed by atoms with Crippen molar-refractivity contribution >= 4 is 17.1 Å². The van der Waals surface area contributed by atoms with Crippen LogP contribution in [0.2, 0.25) is 0 Å². The van der Waals surface area contributed by atoms with E-state index in [1.165, 1.54) is 35.5 Å². The van der Waals surface area contributed by atoms with E-state index in [0.717, 1.165) is 29.8 Å². The molecule has 0 bridgehead atoms. The van der Waals surface area contributed by atoms with Gasteiger partial charge >= 0.3 is 0 Å². The molecule has 5 rings (SSSR count). The second kappa shape index (κ2) is 6.23. The van der Waals surface area contributed by atoms with Gasteiger partial charge in [0.15, 0.2) is 0 Å². The highest BCUT2D eigenvalue weighted by Gasteiger charge is 2.37. The first-order chi connectivity index (χ1) is 13.2. The van der Waals surface area contributed by atoms with Crippen LogP contribution in [0.15, 0.2) is 79.0 Å². The Morgan fingerprint density at radius 2 is 1.44 bits per heavy atom. The molecule has 2 nitrogen and oxygen atoms in total. The molecule has 0 N–H and O–H groups in total. The van der Waals surface area contributed by atoms with E-state index in [9.17, 15) is 8.78 Å². The van der Waals surface area contributed by atoms with Gasteiger partial charge in [-0.2, -0.15) is 0 Å². The predicted molar refractivity (Wildman–Crippen MR) is 104 cm³/mol. The quantitative estimate of drug-likeness (QED) is 0.590. The monoisotopic (exact) mass is 360 g/mol. The van der Waals surface area contributed by atoms with Crippen LogP contribution in [-0.4, -0.2) is 6.17 Å². The summed E-state index contributed by atoms with van der Waals surface area (Å²) in [5.74, 6) is -0.509. The van der Waals surface area contributed by atoms with Crippen molar-refractivity contribution in [2.75, 3.05) is 9.80 Å². The van der Waals surface area contributed by atoms with E-state index in [-0.39, 0.29) is 17.8 Å². The number of para-hydroxylation sites is 1. The summed E-state index contributed by atoms with van der Waals surface area (Å²) in [4.78, 5) is 4.50. The van der Waals surface area contributed by atoms with Crippen LogP contribution in [0.25, 0.3) is 5.70 Å². The molecule has 0 saturated carbocycles. The van der Waals surface area contributed by atoms with Gasteiger partial charge in [0.2, 0.25) is 0 Å². The van der Waals surface area contributed by atoms with Crippen LogP contribution in [-0.2, 0) is 6.42 Å². The van der Waals surface area contributed by atoms with Gasteiger partial charge in [-0.1, -0.05) is 18.2 Å². The van der Waals surface area contributed by atoms with Gasteiger partial charge in [0.25, 0.3) is 0 Å². The molecule has 0 aromatic heterocycles. The summed E-state index contributed by atoms with van der Waals surface area (Å²) in [6, 6.07) is 21.5. The van der Waals surface area contributed by atoms with Crippen molar-refractivity contribution in [1.82, 2.24) is 0 Å². The first-order valence-corrected chi connectivity index (χ1v) is 9.09. The predicted octanol–water partition coefficient (Wildman–Crippen LogP) is 5.56. The number of rotatable bonds is 2. The standard InChI is InChI=1S/C23H18F2N2/c24-18-8-5-17(6-9-18)22-15-26-21-4-2-1-3-16(21)7-14-23(26)27(22)20-12-10-19(25)11-13-20/h1-6,8-13,15,23H,7,14H2. The fourth-order valence-corrected chi connectivity index (χ4v) is 4.07. The van der Waals surface area contributed by atoms with E-state index in [4.69, 9.17) is 0 Å². The molecule has 0 fully saturated rings. The normalized spacial score (nSPS) is 18.1. The van der Waals surface area contributed by atoms with Crippen LogP contribution in [0.5, 0.6) is 0 Å². The molecule has 3 aromatic rings. The van der Waals surface area contributed by atoms with Crippen molar-refractivity contribution < 1.29 is 8.78 Å². The Hall–Kier alpha value is -3.14. The fraction of sp³-hybridized carbons (Fsp3) is 0.130. The lowest BCUT2D eigenvalue weighted by molar-refractivity contribution is 0.597. The maximum atomic E-state index is 13.5. The van der Waals surface area contributed by atoms with Crippen molar-refractivity contribution in [2.45, 2.75) is 19.0 Å². The van der Waals surface area contributed by atoms with Gasteiger partial charge in [0.05, 0.1) is 5.70 Å². The summed E-state index contributed by atoms with van der Waals surface area (Å²) in [5.41, 5.74) is 5.37. The minimum absolute atomic E-state index is 0.116. The zero-order valence-electron chi connectivity index (χ0n) is 14.6. The van der Waals surface area contributed by atoms with E-state index in [0.29, 0.717) is 0 Å². The molecule has 4 heteroatoms. The highest BCUT2D eigenvalue weighted by Crippen LogP contribution is 2.43. The zero-order valence-corrected chi connectivity index (χ0v) is 14.6. The maximum Gasteiger partial charge on any atom is 0.123 e. The van der Waals surface area contributed by atoms with Crippen molar-refractivity contribution in [3.63, 3.8) is 0 Å². The molecular formula is C23H18F2N2. The zero-order chi connectivity index (χ0) is 18.4. The number of fused-ring (bicyclic) bond motifs is 3. The van der Waals surface area contributed by atoms with E-state index in [1.54, 1.807) is 24.3 Å². The van der Waals surface area contributed by atoms with Crippen molar-refractivity contribution in [1.29, 1.82) is 0 Å². The Bertz CT molecular complexity index is 1010. The lowest BCUT2D eigenvalue weighted by Crippen LogP contribution is -2.42. The van der Waals surface area contributed by atoms with Crippen molar-refractivity contribution in [3.8, 4) is 0 Å². The van der Waals surface area contributed by atoms with Gasteiger partial charge < -0.3 is 9.80 Å². The summed E-state index contributed by atoms with van der Waals surface area (Å²) < 4.78 is 26.9. The van der Waals surface area contributed by atoms with Crippen LogP contribution in [0.4, 0.5) is 20.2 Å². The second-order valence-corrected chi connectivity index (χ2v) is 6.92. The third kappa shape index (κ3) is 2.69. The van der Waals surface area contributed by atoms with Crippen LogP contribution in [0.1, 0.15) is 17.5 Å². The average molecular weight is 360 g/mol. The molecule has 2 aliphatic rings. The largest absolute Gasteiger partial charge is 0.324 e. The Balaban J connectivity index is 1.65. The summed E-state index contributed by atoms with van der Waals surface area (Å²) in [5, 5.41) is 0. The molecule has 3 aromatic carbocycles. The molecular weight excluding hydrogens is 342 g/mol. The molecule has 0 amide bonds. The van der Waals surface area contributed by atoms with Gasteiger partial charge in [-0.3, -0.25) is 0 Å². The molecule has 1 atom stereocenters. The number of nitrogens with zero attached hydrogens (tertiary/aromatic N) is 2. The Kier molecular flexibility index (Phi) is 3.71. The lowest BCUT2D eigenvalue weighted by Gasteiger charge is -2.38. The van der Waals surface area contributed by atoms with E-state index in [1.807, 2.05) is 6.07 Å². The average Bonchev–Trinajstić information content (AvgIpc) is 3.09. The highest BCUT2D eigenvalue weighted by molar-refractivity contribution is 5.87. The summed E-state index contributed by atoms with van der Waals surface area (Å²) >= 11 is 0. The van der Waals surface area contributed by atoms with Gasteiger partial charge in [0, 0.05) is 17.6 Å². The Morgan fingerprint density at radius 3 is 2.19 bits per heavy atom. The Morgan fingerprint density at radius 1 is 0.778 bits per heavy atom. The molecule has 2 heterocycles. The smallest absolute Gasteiger partial charge is 0.123 e. The SMILES string of the molecule is Fc1ccc(C2=CN3c4ccccc4CCC3N2c2ccc(F)cc2)cc1.